The van der Waals surface area contributed by atoms with Gasteiger partial charge in [-0.3, -0.25) is 4.98 Å². The maximum absolute atomic E-state index is 4.60. The Morgan fingerprint density at radius 2 is 1.81 bits per heavy atom. The van der Waals surface area contributed by atoms with Gasteiger partial charge in [0.05, 0.1) is 5.52 Å². The van der Waals surface area contributed by atoms with Crippen molar-refractivity contribution in [1.29, 1.82) is 0 Å². The highest BCUT2D eigenvalue weighted by atomic mass is 14.9. The van der Waals surface area contributed by atoms with Gasteiger partial charge in [0.2, 0.25) is 0 Å². The Morgan fingerprint density at radius 1 is 1.00 bits per heavy atom. The van der Waals surface area contributed by atoms with Crippen LogP contribution in [0.2, 0.25) is 0 Å². The lowest BCUT2D eigenvalue weighted by Gasteiger charge is -2.16. The quantitative estimate of drug-likeness (QED) is 0.715. The van der Waals surface area contributed by atoms with E-state index in [1.54, 1.807) is 0 Å². The molecule has 0 aliphatic rings. The number of aromatic nitrogens is 1. The lowest BCUT2D eigenvalue weighted by molar-refractivity contribution is 1.13. The molecular weight excluding hydrogens is 256 g/mol. The van der Waals surface area contributed by atoms with Crippen LogP contribution in [0, 0.1) is 13.8 Å². The highest BCUT2D eigenvalue weighted by Crippen LogP contribution is 2.30. The molecule has 0 atom stereocenters. The minimum atomic E-state index is 1.02. The van der Waals surface area contributed by atoms with Gasteiger partial charge in [-0.2, -0.15) is 0 Å². The highest BCUT2D eigenvalue weighted by molar-refractivity contribution is 5.93. The second-order valence-corrected chi connectivity index (χ2v) is 5.42. The van der Waals surface area contributed by atoms with Gasteiger partial charge in [-0.05, 0) is 43.5 Å². The number of pyridine rings is 1. The largest absolute Gasteiger partial charge is 0.354 e. The van der Waals surface area contributed by atoms with E-state index in [0.29, 0.717) is 0 Å². The van der Waals surface area contributed by atoms with E-state index in [1.807, 2.05) is 13.0 Å². The van der Waals surface area contributed by atoms with Gasteiger partial charge in [0, 0.05) is 22.5 Å². The summed E-state index contributed by atoms with van der Waals surface area (Å²) in [6.45, 7) is 6.38. The normalized spacial score (nSPS) is 10.8. The molecule has 2 nitrogen and oxygen atoms in total. The maximum Gasteiger partial charge on any atom is 0.0726 e. The zero-order valence-electron chi connectivity index (χ0n) is 12.8. The van der Waals surface area contributed by atoms with Crippen molar-refractivity contribution in [2.24, 2.45) is 0 Å². The molecule has 21 heavy (non-hydrogen) atoms. The SMILES string of the molecule is CCc1cccc(C)c1Nc1cc(C)nc2ccccc12. The molecule has 0 fully saturated rings. The number of benzene rings is 2. The number of fused-ring (bicyclic) bond motifs is 1. The van der Waals surface area contributed by atoms with Crippen LogP contribution in [0.25, 0.3) is 10.9 Å². The lowest BCUT2D eigenvalue weighted by atomic mass is 10.0. The summed E-state index contributed by atoms with van der Waals surface area (Å²) in [5.74, 6) is 0. The Morgan fingerprint density at radius 3 is 2.62 bits per heavy atom. The first-order valence-corrected chi connectivity index (χ1v) is 7.41. The molecule has 0 aliphatic carbocycles. The summed E-state index contributed by atoms with van der Waals surface area (Å²) in [6, 6.07) is 16.8. The molecule has 3 rings (SSSR count). The van der Waals surface area contributed by atoms with E-state index in [1.165, 1.54) is 16.8 Å². The Labute approximate surface area is 125 Å². The molecule has 3 aromatic rings. The molecule has 0 saturated heterocycles. The van der Waals surface area contributed by atoms with E-state index in [2.05, 4.69) is 66.6 Å². The first-order chi connectivity index (χ1) is 10.2. The number of hydrogen-bond donors (Lipinski definition) is 1. The van der Waals surface area contributed by atoms with E-state index in [4.69, 9.17) is 0 Å². The van der Waals surface area contributed by atoms with Crippen LogP contribution in [-0.4, -0.2) is 4.98 Å². The molecule has 0 unspecified atom stereocenters. The third kappa shape index (κ3) is 2.62. The second kappa shape index (κ2) is 5.57. The van der Waals surface area contributed by atoms with Gasteiger partial charge in [-0.15, -0.1) is 0 Å². The number of anilines is 2. The summed E-state index contributed by atoms with van der Waals surface area (Å²) in [5.41, 5.74) is 7.02. The molecule has 0 amide bonds. The van der Waals surface area contributed by atoms with Gasteiger partial charge in [0.25, 0.3) is 0 Å². The molecule has 1 aromatic heterocycles. The Hall–Kier alpha value is -2.35. The van der Waals surface area contributed by atoms with Gasteiger partial charge in [0.15, 0.2) is 0 Å². The fourth-order valence-electron chi connectivity index (χ4n) is 2.75. The third-order valence-electron chi connectivity index (χ3n) is 3.84. The summed E-state index contributed by atoms with van der Waals surface area (Å²) in [7, 11) is 0. The minimum Gasteiger partial charge on any atom is -0.354 e. The number of hydrogen-bond acceptors (Lipinski definition) is 2. The standard InChI is InChI=1S/C19H20N2/c1-4-15-9-7-8-13(2)19(15)21-18-12-14(3)20-17-11-6-5-10-16(17)18/h5-12H,4H2,1-3H3,(H,20,21). The van der Waals surface area contributed by atoms with Crippen molar-refractivity contribution in [1.82, 2.24) is 4.98 Å². The fourth-order valence-corrected chi connectivity index (χ4v) is 2.75. The van der Waals surface area contributed by atoms with E-state index in [9.17, 15) is 0 Å². The fraction of sp³-hybridized carbons (Fsp3) is 0.211. The molecular formula is C19H20N2. The molecule has 2 heteroatoms. The van der Waals surface area contributed by atoms with E-state index < -0.39 is 0 Å². The molecule has 1 heterocycles. The lowest BCUT2D eigenvalue weighted by Crippen LogP contribution is -2.00. The van der Waals surface area contributed by atoms with Crippen molar-refractivity contribution < 1.29 is 0 Å². The van der Waals surface area contributed by atoms with E-state index in [0.717, 1.165) is 28.7 Å². The zero-order valence-corrected chi connectivity index (χ0v) is 12.8. The van der Waals surface area contributed by atoms with Gasteiger partial charge in [-0.25, -0.2) is 0 Å². The van der Waals surface area contributed by atoms with Crippen LogP contribution >= 0.6 is 0 Å². The topological polar surface area (TPSA) is 24.9 Å². The molecule has 1 N–H and O–H groups in total. The zero-order chi connectivity index (χ0) is 14.8. The van der Waals surface area contributed by atoms with Crippen molar-refractivity contribution in [2.75, 3.05) is 5.32 Å². The van der Waals surface area contributed by atoms with Crippen molar-refractivity contribution in [3.05, 3.63) is 65.4 Å². The number of nitrogens with one attached hydrogen (secondary N) is 1. The molecule has 0 bridgehead atoms. The number of nitrogens with zero attached hydrogens (tertiary/aromatic N) is 1. The van der Waals surface area contributed by atoms with Crippen LogP contribution < -0.4 is 5.32 Å². The van der Waals surface area contributed by atoms with Crippen molar-refractivity contribution in [3.63, 3.8) is 0 Å². The van der Waals surface area contributed by atoms with Crippen molar-refractivity contribution in [2.45, 2.75) is 27.2 Å². The summed E-state index contributed by atoms with van der Waals surface area (Å²) in [6.07, 6.45) is 1.02. The molecule has 0 aliphatic heterocycles. The minimum absolute atomic E-state index is 1.02. The second-order valence-electron chi connectivity index (χ2n) is 5.42. The van der Waals surface area contributed by atoms with Crippen LogP contribution in [0.1, 0.15) is 23.7 Å². The molecule has 106 valence electrons. The number of para-hydroxylation sites is 2. The average molecular weight is 276 g/mol. The first-order valence-electron chi connectivity index (χ1n) is 7.41. The van der Waals surface area contributed by atoms with E-state index >= 15 is 0 Å². The molecule has 2 aromatic carbocycles. The number of rotatable bonds is 3. The van der Waals surface area contributed by atoms with E-state index in [-0.39, 0.29) is 0 Å². The van der Waals surface area contributed by atoms with Gasteiger partial charge in [0.1, 0.15) is 0 Å². The predicted octanol–water partition coefficient (Wildman–Crippen LogP) is 5.16. The predicted molar refractivity (Wildman–Crippen MR) is 90.3 cm³/mol. The average Bonchev–Trinajstić information content (AvgIpc) is 2.49. The summed E-state index contributed by atoms with van der Waals surface area (Å²) in [4.78, 5) is 4.60. The van der Waals surface area contributed by atoms with Crippen LogP contribution in [0.15, 0.2) is 48.5 Å². The Kier molecular flexibility index (Phi) is 3.61. The van der Waals surface area contributed by atoms with Crippen LogP contribution in [0.5, 0.6) is 0 Å². The summed E-state index contributed by atoms with van der Waals surface area (Å²) in [5, 5.41) is 4.80. The smallest absolute Gasteiger partial charge is 0.0726 e. The third-order valence-corrected chi connectivity index (χ3v) is 3.84. The van der Waals surface area contributed by atoms with Crippen LogP contribution in [0.3, 0.4) is 0 Å². The summed E-state index contributed by atoms with van der Waals surface area (Å²) < 4.78 is 0. The monoisotopic (exact) mass is 276 g/mol. The highest BCUT2D eigenvalue weighted by Gasteiger charge is 2.08. The van der Waals surface area contributed by atoms with Crippen LogP contribution in [0.4, 0.5) is 11.4 Å². The van der Waals surface area contributed by atoms with Gasteiger partial charge < -0.3 is 5.32 Å². The maximum atomic E-state index is 4.60. The molecule has 0 saturated carbocycles. The van der Waals surface area contributed by atoms with Crippen LogP contribution in [-0.2, 0) is 6.42 Å². The Bertz CT molecular complexity index is 791. The van der Waals surface area contributed by atoms with Crippen molar-refractivity contribution in [3.8, 4) is 0 Å². The number of aryl methyl sites for hydroxylation is 3. The van der Waals surface area contributed by atoms with Crippen molar-refractivity contribution >= 4 is 22.3 Å². The van der Waals surface area contributed by atoms with Gasteiger partial charge >= 0.3 is 0 Å². The molecule has 0 spiro atoms. The van der Waals surface area contributed by atoms with Gasteiger partial charge in [-0.1, -0.05) is 43.3 Å². The summed E-state index contributed by atoms with van der Waals surface area (Å²) >= 11 is 0. The Balaban J connectivity index is 2.15. The molecule has 0 radical (unpaired) electrons. The first kappa shape index (κ1) is 13.6.